The van der Waals surface area contributed by atoms with Gasteiger partial charge in [0.2, 0.25) is 0 Å². The van der Waals surface area contributed by atoms with Crippen LogP contribution in [0.25, 0.3) is 34.4 Å². The van der Waals surface area contributed by atoms with Crippen LogP contribution in [0.4, 0.5) is 5.69 Å². The van der Waals surface area contributed by atoms with Crippen molar-refractivity contribution in [3.8, 4) is 22.3 Å². The summed E-state index contributed by atoms with van der Waals surface area (Å²) in [5, 5.41) is 0. The second-order valence-corrected chi connectivity index (χ2v) is 11.1. The molecule has 1 heteroatoms. The third-order valence-electron chi connectivity index (χ3n) is 8.07. The number of nitrogen functional groups attached to an aromatic ring is 1. The van der Waals surface area contributed by atoms with E-state index in [1.54, 1.807) is 0 Å². The van der Waals surface area contributed by atoms with Crippen molar-refractivity contribution in [2.45, 2.75) is 60.3 Å². The largest absolute Gasteiger partial charge is 0.399 e. The van der Waals surface area contributed by atoms with Crippen LogP contribution in [-0.4, -0.2) is 0 Å². The standard InChI is InChI=1S/C37H39N/c1-24-6-10-29(11-7-24)12-8-25(2)22-31-16-20-34-36(27(31)4)35-21-17-32(28(5)37(34)35)23-26(3)9-13-30-14-18-33(38)19-15-30/h6-7,10-11,14-23H,8-9,12-13,38H2,1-5H3/b25-22+,26-23+. The molecule has 0 unspecified atom stereocenters. The van der Waals surface area contributed by atoms with Crippen molar-refractivity contribution in [1.29, 1.82) is 0 Å². The average molecular weight is 498 g/mol. The summed E-state index contributed by atoms with van der Waals surface area (Å²) < 4.78 is 0. The molecule has 5 rings (SSSR count). The van der Waals surface area contributed by atoms with Gasteiger partial charge >= 0.3 is 0 Å². The van der Waals surface area contributed by atoms with Gasteiger partial charge in [-0.1, -0.05) is 89.5 Å². The molecular formula is C37H39N. The number of benzene rings is 4. The van der Waals surface area contributed by atoms with Gasteiger partial charge in [0.15, 0.2) is 0 Å². The van der Waals surface area contributed by atoms with Gasteiger partial charge in [0.1, 0.15) is 0 Å². The van der Waals surface area contributed by atoms with Crippen LogP contribution in [0.5, 0.6) is 0 Å². The fourth-order valence-electron chi connectivity index (χ4n) is 5.61. The van der Waals surface area contributed by atoms with E-state index in [-0.39, 0.29) is 0 Å². The Balaban J connectivity index is 1.30. The number of hydrogen-bond acceptors (Lipinski definition) is 1. The Morgan fingerprint density at radius 1 is 0.579 bits per heavy atom. The van der Waals surface area contributed by atoms with Gasteiger partial charge in [-0.3, -0.25) is 0 Å². The molecule has 0 bridgehead atoms. The van der Waals surface area contributed by atoms with Crippen LogP contribution in [0.1, 0.15) is 65.6 Å². The van der Waals surface area contributed by atoms with E-state index in [4.69, 9.17) is 5.73 Å². The zero-order valence-electron chi connectivity index (χ0n) is 23.5. The Morgan fingerprint density at radius 3 is 1.45 bits per heavy atom. The van der Waals surface area contributed by atoms with Gasteiger partial charge in [-0.25, -0.2) is 0 Å². The van der Waals surface area contributed by atoms with Crippen molar-refractivity contribution >= 4 is 17.8 Å². The van der Waals surface area contributed by atoms with E-state index in [1.165, 1.54) is 72.3 Å². The van der Waals surface area contributed by atoms with Crippen LogP contribution in [0.2, 0.25) is 0 Å². The number of aryl methyl sites for hydroxylation is 3. The molecule has 1 nitrogen and oxygen atoms in total. The lowest BCUT2D eigenvalue weighted by atomic mass is 9.73. The summed E-state index contributed by atoms with van der Waals surface area (Å²) >= 11 is 0. The molecule has 38 heavy (non-hydrogen) atoms. The molecule has 1 aliphatic carbocycles. The molecule has 0 amide bonds. The maximum absolute atomic E-state index is 5.83. The summed E-state index contributed by atoms with van der Waals surface area (Å²) in [6, 6.07) is 26.4. The maximum Gasteiger partial charge on any atom is 0.0314 e. The van der Waals surface area contributed by atoms with Crippen LogP contribution >= 0.6 is 0 Å². The third-order valence-corrected chi connectivity index (χ3v) is 8.07. The topological polar surface area (TPSA) is 26.0 Å². The predicted molar refractivity (Wildman–Crippen MR) is 166 cm³/mol. The Kier molecular flexibility index (Phi) is 7.38. The summed E-state index contributed by atoms with van der Waals surface area (Å²) in [6.07, 6.45) is 9.01. The highest BCUT2D eigenvalue weighted by atomic mass is 14.5. The number of hydrogen-bond donors (Lipinski definition) is 1. The molecule has 0 fully saturated rings. The van der Waals surface area contributed by atoms with Gasteiger partial charge in [0.25, 0.3) is 0 Å². The van der Waals surface area contributed by atoms with Gasteiger partial charge in [-0.05, 0) is 128 Å². The average Bonchev–Trinajstić information content (AvgIpc) is 2.89. The first-order valence-corrected chi connectivity index (χ1v) is 13.8. The molecule has 2 N–H and O–H groups in total. The van der Waals surface area contributed by atoms with Gasteiger partial charge in [-0.15, -0.1) is 0 Å². The zero-order chi connectivity index (χ0) is 26.8. The van der Waals surface area contributed by atoms with Crippen molar-refractivity contribution in [1.82, 2.24) is 0 Å². The second-order valence-electron chi connectivity index (χ2n) is 11.1. The lowest BCUT2D eigenvalue weighted by Gasteiger charge is -2.30. The van der Waals surface area contributed by atoms with Crippen molar-refractivity contribution in [3.63, 3.8) is 0 Å². The second kappa shape index (κ2) is 10.9. The van der Waals surface area contributed by atoms with Crippen molar-refractivity contribution in [3.05, 3.63) is 123 Å². The fraction of sp³-hybridized carbons (Fsp3) is 0.243. The highest BCUT2D eigenvalue weighted by molar-refractivity contribution is 6.06. The highest BCUT2D eigenvalue weighted by Gasteiger charge is 2.27. The Labute approximate surface area is 228 Å². The minimum atomic E-state index is 0.825. The lowest BCUT2D eigenvalue weighted by Crippen LogP contribution is -2.06. The molecule has 0 aromatic heterocycles. The molecule has 0 saturated carbocycles. The first-order valence-electron chi connectivity index (χ1n) is 13.8. The number of allylic oxidation sites excluding steroid dienone is 2. The van der Waals surface area contributed by atoms with E-state index < -0.39 is 0 Å². The minimum Gasteiger partial charge on any atom is -0.399 e. The van der Waals surface area contributed by atoms with Crippen molar-refractivity contribution < 1.29 is 0 Å². The SMILES string of the molecule is C/C(=C\c1ccc2c(c1C)-c1ccc(/C=C(\C)CCc3ccc(N)cc3)c(C)c1-2)CCc1ccc(C)cc1. The number of fused-ring (bicyclic) bond motifs is 4. The van der Waals surface area contributed by atoms with E-state index in [0.717, 1.165) is 31.4 Å². The monoisotopic (exact) mass is 497 g/mol. The van der Waals surface area contributed by atoms with E-state index in [9.17, 15) is 0 Å². The molecule has 0 spiro atoms. The summed E-state index contributed by atoms with van der Waals surface area (Å²) in [7, 11) is 0. The number of rotatable bonds is 8. The Hall–Kier alpha value is -3.84. The fourth-order valence-corrected chi connectivity index (χ4v) is 5.61. The van der Waals surface area contributed by atoms with Crippen molar-refractivity contribution in [2.75, 3.05) is 5.73 Å². The lowest BCUT2D eigenvalue weighted by molar-refractivity contribution is 0.947. The van der Waals surface area contributed by atoms with Gasteiger partial charge in [-0.2, -0.15) is 0 Å². The molecule has 4 aromatic rings. The third kappa shape index (κ3) is 5.38. The summed E-state index contributed by atoms with van der Waals surface area (Å²) in [5.74, 6) is 0. The molecule has 0 aliphatic heterocycles. The Morgan fingerprint density at radius 2 is 1.00 bits per heavy atom. The van der Waals surface area contributed by atoms with E-state index in [0.29, 0.717) is 0 Å². The highest BCUT2D eigenvalue weighted by Crippen LogP contribution is 2.52. The normalized spacial score (nSPS) is 12.7. The molecule has 4 aromatic carbocycles. The molecule has 0 atom stereocenters. The molecule has 192 valence electrons. The van der Waals surface area contributed by atoms with Crippen LogP contribution in [-0.2, 0) is 12.8 Å². The molecule has 0 heterocycles. The van der Waals surface area contributed by atoms with Gasteiger partial charge < -0.3 is 5.73 Å². The first-order chi connectivity index (χ1) is 18.3. The van der Waals surface area contributed by atoms with Gasteiger partial charge in [0, 0.05) is 5.69 Å². The predicted octanol–water partition coefficient (Wildman–Crippen LogP) is 9.91. The minimum absolute atomic E-state index is 0.825. The molecule has 1 aliphatic rings. The smallest absolute Gasteiger partial charge is 0.0314 e. The maximum atomic E-state index is 5.83. The quantitative estimate of drug-likeness (QED) is 0.212. The summed E-state index contributed by atoms with van der Waals surface area (Å²) in [5.41, 5.74) is 24.7. The van der Waals surface area contributed by atoms with Crippen LogP contribution < -0.4 is 5.73 Å². The van der Waals surface area contributed by atoms with Gasteiger partial charge in [0.05, 0.1) is 0 Å². The summed E-state index contributed by atoms with van der Waals surface area (Å²) in [4.78, 5) is 0. The number of nitrogens with two attached hydrogens (primary N) is 1. The van der Waals surface area contributed by atoms with E-state index >= 15 is 0 Å². The van der Waals surface area contributed by atoms with E-state index in [1.807, 2.05) is 12.1 Å². The molecule has 0 saturated heterocycles. The zero-order valence-corrected chi connectivity index (χ0v) is 23.5. The van der Waals surface area contributed by atoms with Crippen LogP contribution in [0, 0.1) is 20.8 Å². The summed E-state index contributed by atoms with van der Waals surface area (Å²) in [6.45, 7) is 11.2. The molecule has 0 radical (unpaired) electrons. The Bertz CT molecular complexity index is 1400. The van der Waals surface area contributed by atoms with Crippen LogP contribution in [0.3, 0.4) is 0 Å². The van der Waals surface area contributed by atoms with Crippen LogP contribution in [0.15, 0.2) is 83.9 Å². The van der Waals surface area contributed by atoms with E-state index in [2.05, 4.69) is 107 Å². The van der Waals surface area contributed by atoms with Crippen molar-refractivity contribution in [2.24, 2.45) is 0 Å². The number of anilines is 1. The first kappa shape index (κ1) is 25.8. The molecular weight excluding hydrogens is 458 g/mol.